The molecule has 1 aromatic carbocycles. The number of hydrogen-bond donors (Lipinski definition) is 0. The van der Waals surface area contributed by atoms with E-state index in [1.165, 1.54) is 44.2 Å². The summed E-state index contributed by atoms with van der Waals surface area (Å²) in [4.78, 5) is 33.5. The summed E-state index contributed by atoms with van der Waals surface area (Å²) in [5.41, 5.74) is 0.803. The summed E-state index contributed by atoms with van der Waals surface area (Å²) in [6.07, 6.45) is 8.75. The molecule has 222 valence electrons. The van der Waals surface area contributed by atoms with Gasteiger partial charge in [0.05, 0.1) is 5.54 Å². The van der Waals surface area contributed by atoms with Crippen molar-refractivity contribution in [1.29, 1.82) is 0 Å². The van der Waals surface area contributed by atoms with Gasteiger partial charge in [-0.1, -0.05) is 31.4 Å². The number of halogens is 1. The normalized spacial score (nSPS) is 28.0. The summed E-state index contributed by atoms with van der Waals surface area (Å²) < 4.78 is 19.3. The molecule has 0 bridgehead atoms. The van der Waals surface area contributed by atoms with Crippen molar-refractivity contribution in [2.75, 3.05) is 39.3 Å². The minimum Gasteiger partial charge on any atom is -0.447 e. The highest BCUT2D eigenvalue weighted by molar-refractivity contribution is 5.80. The second-order valence-corrected chi connectivity index (χ2v) is 14.6. The van der Waals surface area contributed by atoms with E-state index in [2.05, 4.69) is 44.4 Å². The quantitative estimate of drug-likeness (QED) is 0.419. The maximum Gasteiger partial charge on any atom is 0.410 e. The van der Waals surface area contributed by atoms with Crippen LogP contribution in [0.3, 0.4) is 0 Å². The average molecular weight is 556 g/mol. The van der Waals surface area contributed by atoms with Crippen molar-refractivity contribution in [2.24, 2.45) is 17.3 Å². The van der Waals surface area contributed by atoms with E-state index in [9.17, 15) is 14.0 Å². The second-order valence-electron chi connectivity index (χ2n) is 14.6. The maximum absolute atomic E-state index is 14.2. The van der Waals surface area contributed by atoms with Gasteiger partial charge >= 0.3 is 6.09 Å². The number of carbonyl (C=O) groups excluding carboxylic acids is 2. The number of likely N-dealkylation sites (tertiary alicyclic amines) is 2. The molecule has 6 nitrogen and oxygen atoms in total. The van der Waals surface area contributed by atoms with E-state index in [1.807, 2.05) is 17.0 Å². The SMILES string of the molecule is CC(C)(C)N1CCC(C(=O)N2CCC(CN3C(=O)OCC3(C)C)(C3CCCCC3)CC2)[C@H](c2ccc(F)cc2)C1. The molecule has 3 aliphatic heterocycles. The zero-order chi connectivity index (χ0) is 28.7. The lowest BCUT2D eigenvalue weighted by Gasteiger charge is -2.51. The van der Waals surface area contributed by atoms with Crippen molar-refractivity contribution >= 4 is 12.0 Å². The Morgan fingerprint density at radius 2 is 1.65 bits per heavy atom. The molecule has 4 fully saturated rings. The highest BCUT2D eigenvalue weighted by Gasteiger charge is 2.50. The third kappa shape index (κ3) is 5.91. The smallest absolute Gasteiger partial charge is 0.410 e. The van der Waals surface area contributed by atoms with Crippen molar-refractivity contribution < 1.29 is 18.7 Å². The Bertz CT molecular complexity index is 1050. The van der Waals surface area contributed by atoms with Gasteiger partial charge in [0.2, 0.25) is 5.91 Å². The number of piperidine rings is 2. The first-order chi connectivity index (χ1) is 18.9. The van der Waals surface area contributed by atoms with Crippen LogP contribution in [0.4, 0.5) is 9.18 Å². The summed E-state index contributed by atoms with van der Waals surface area (Å²) in [6, 6.07) is 6.79. The van der Waals surface area contributed by atoms with Gasteiger partial charge in [0.25, 0.3) is 0 Å². The van der Waals surface area contributed by atoms with Crippen LogP contribution in [-0.2, 0) is 9.53 Å². The van der Waals surface area contributed by atoms with Crippen LogP contribution in [0, 0.1) is 23.1 Å². The summed E-state index contributed by atoms with van der Waals surface area (Å²) >= 11 is 0. The van der Waals surface area contributed by atoms with E-state index in [0.717, 1.165) is 57.5 Å². The number of hydrogen-bond acceptors (Lipinski definition) is 4. The topological polar surface area (TPSA) is 53.1 Å². The molecule has 1 aliphatic carbocycles. The predicted octanol–water partition coefficient (Wildman–Crippen LogP) is 6.45. The van der Waals surface area contributed by atoms with Gasteiger partial charge < -0.3 is 9.64 Å². The number of amides is 2. The zero-order valence-corrected chi connectivity index (χ0v) is 25.4. The fourth-order valence-electron chi connectivity index (χ4n) is 7.96. The Morgan fingerprint density at radius 1 is 1.00 bits per heavy atom. The largest absolute Gasteiger partial charge is 0.447 e. The Morgan fingerprint density at radius 3 is 2.23 bits per heavy atom. The van der Waals surface area contributed by atoms with Crippen molar-refractivity contribution in [3.63, 3.8) is 0 Å². The van der Waals surface area contributed by atoms with Crippen LogP contribution >= 0.6 is 0 Å². The van der Waals surface area contributed by atoms with E-state index in [0.29, 0.717) is 12.5 Å². The van der Waals surface area contributed by atoms with E-state index in [1.54, 1.807) is 0 Å². The average Bonchev–Trinajstić information content (AvgIpc) is 3.20. The first kappa shape index (κ1) is 29.3. The number of ether oxygens (including phenoxy) is 1. The Hall–Kier alpha value is -2.15. The molecule has 2 atom stereocenters. The van der Waals surface area contributed by atoms with Crippen LogP contribution < -0.4 is 0 Å². The van der Waals surface area contributed by atoms with Gasteiger partial charge in [0.15, 0.2) is 0 Å². The lowest BCUT2D eigenvalue weighted by atomic mass is 9.63. The molecule has 0 radical (unpaired) electrons. The molecule has 3 heterocycles. The van der Waals surface area contributed by atoms with Crippen molar-refractivity contribution in [3.8, 4) is 0 Å². The Balaban J connectivity index is 1.34. The molecule has 40 heavy (non-hydrogen) atoms. The maximum atomic E-state index is 14.2. The van der Waals surface area contributed by atoms with Crippen molar-refractivity contribution in [2.45, 2.75) is 103 Å². The van der Waals surface area contributed by atoms with E-state index in [4.69, 9.17) is 4.74 Å². The van der Waals surface area contributed by atoms with Crippen molar-refractivity contribution in [3.05, 3.63) is 35.6 Å². The molecular weight excluding hydrogens is 505 g/mol. The second kappa shape index (κ2) is 11.3. The molecular formula is C33H50FN3O3. The lowest BCUT2D eigenvalue weighted by Crippen LogP contribution is -2.57. The van der Waals surface area contributed by atoms with Crippen LogP contribution in [0.1, 0.15) is 97.5 Å². The van der Waals surface area contributed by atoms with Gasteiger partial charge in [-0.2, -0.15) is 0 Å². The number of benzene rings is 1. The van der Waals surface area contributed by atoms with E-state index >= 15 is 0 Å². The molecule has 0 N–H and O–H groups in total. The van der Waals surface area contributed by atoms with Crippen LogP contribution in [0.25, 0.3) is 0 Å². The van der Waals surface area contributed by atoms with E-state index < -0.39 is 0 Å². The zero-order valence-electron chi connectivity index (χ0n) is 25.4. The summed E-state index contributed by atoms with van der Waals surface area (Å²) in [5, 5.41) is 0. The highest BCUT2D eigenvalue weighted by Crippen LogP contribution is 2.48. The van der Waals surface area contributed by atoms with Gasteiger partial charge in [0, 0.05) is 43.6 Å². The fourth-order valence-corrected chi connectivity index (χ4v) is 7.96. The van der Waals surface area contributed by atoms with E-state index in [-0.39, 0.29) is 46.1 Å². The molecule has 1 unspecified atom stereocenters. The van der Waals surface area contributed by atoms with Crippen LogP contribution in [-0.4, -0.2) is 77.1 Å². The van der Waals surface area contributed by atoms with Gasteiger partial charge in [-0.15, -0.1) is 0 Å². The molecule has 7 heteroatoms. The minimum atomic E-state index is -0.297. The summed E-state index contributed by atoms with van der Waals surface area (Å²) in [7, 11) is 0. The molecule has 3 saturated heterocycles. The molecule has 4 aliphatic rings. The first-order valence-corrected chi connectivity index (χ1v) is 15.6. The molecule has 0 aromatic heterocycles. The Labute approximate surface area is 240 Å². The lowest BCUT2D eigenvalue weighted by molar-refractivity contribution is -0.142. The van der Waals surface area contributed by atoms with Gasteiger partial charge in [0.1, 0.15) is 12.4 Å². The third-order valence-electron chi connectivity index (χ3n) is 10.7. The summed E-state index contributed by atoms with van der Waals surface area (Å²) in [6.45, 7) is 15.2. The third-order valence-corrected chi connectivity index (χ3v) is 10.7. The van der Waals surface area contributed by atoms with Gasteiger partial charge in [-0.05, 0) is 102 Å². The molecule has 2 amide bonds. The predicted molar refractivity (Wildman–Crippen MR) is 156 cm³/mol. The number of carbonyl (C=O) groups is 2. The Kier molecular flexibility index (Phi) is 8.26. The number of rotatable bonds is 5. The number of cyclic esters (lactones) is 1. The van der Waals surface area contributed by atoms with Crippen LogP contribution in [0.5, 0.6) is 0 Å². The van der Waals surface area contributed by atoms with Gasteiger partial charge in [-0.3, -0.25) is 14.6 Å². The van der Waals surface area contributed by atoms with Crippen LogP contribution in [0.15, 0.2) is 24.3 Å². The van der Waals surface area contributed by atoms with Crippen LogP contribution in [0.2, 0.25) is 0 Å². The standard InChI is InChI=1S/C33H50FN3O3/c1-31(2,3)36-18-15-27(28(21-36)24-11-13-26(34)14-12-24)29(38)35-19-16-33(17-20-35,25-9-7-6-8-10-25)22-37-30(39)40-23-32(37,4)5/h11-14,25,27-28H,6-10,15-23H2,1-5H3/t27?,28-/m0/s1. The molecule has 5 rings (SSSR count). The fraction of sp³-hybridized carbons (Fsp3) is 0.758. The first-order valence-electron chi connectivity index (χ1n) is 15.6. The summed E-state index contributed by atoms with van der Waals surface area (Å²) in [5.74, 6) is 0.547. The minimum absolute atomic E-state index is 0.0154. The van der Waals surface area contributed by atoms with Crippen molar-refractivity contribution in [1.82, 2.24) is 14.7 Å². The van der Waals surface area contributed by atoms with Gasteiger partial charge in [-0.25, -0.2) is 9.18 Å². The molecule has 1 aromatic rings. The molecule has 1 saturated carbocycles. The monoisotopic (exact) mass is 555 g/mol. The highest BCUT2D eigenvalue weighted by atomic mass is 19.1. The number of nitrogens with zero attached hydrogens (tertiary/aromatic N) is 3. The molecule has 0 spiro atoms.